The number of carbonyl (C=O) groups excluding carboxylic acids is 1. The normalized spacial score (nSPS) is 38.1. The van der Waals surface area contributed by atoms with Gasteiger partial charge in [0.05, 0.1) is 0 Å². The molecule has 9 atom stereocenters. The monoisotopic (exact) mass is 536 g/mol. The molecule has 0 aromatic heterocycles. The van der Waals surface area contributed by atoms with Crippen LogP contribution >= 0.6 is 0 Å². The number of ether oxygens (including phenoxy) is 1. The van der Waals surface area contributed by atoms with Gasteiger partial charge in [-0.15, -0.1) is 0 Å². The Balaban J connectivity index is 0.000000333. The van der Waals surface area contributed by atoms with Gasteiger partial charge in [-0.2, -0.15) is 0 Å². The molecule has 39 heavy (non-hydrogen) atoms. The quantitative estimate of drug-likeness (QED) is 0.324. The van der Waals surface area contributed by atoms with Gasteiger partial charge in [0, 0.05) is 0 Å². The van der Waals surface area contributed by atoms with E-state index in [-0.39, 0.29) is 6.10 Å². The van der Waals surface area contributed by atoms with Crippen LogP contribution in [0.4, 0.5) is 0 Å². The molecule has 0 spiro atoms. The predicted octanol–water partition coefficient (Wildman–Crippen LogP) is 10.3. The number of fused-ring (bicyclic) bond motifs is 5. The first-order chi connectivity index (χ1) is 18.5. The van der Waals surface area contributed by atoms with Gasteiger partial charge in [0.1, 0.15) is 6.10 Å². The van der Waals surface area contributed by atoms with E-state index in [4.69, 9.17) is 4.74 Å². The smallest absolute Gasteiger partial charge is 0.293 e. The molecule has 2 nitrogen and oxygen atoms in total. The van der Waals surface area contributed by atoms with E-state index in [0.29, 0.717) is 17.3 Å². The maximum Gasteiger partial charge on any atom is 0.293 e. The van der Waals surface area contributed by atoms with Crippen molar-refractivity contribution < 1.29 is 9.53 Å². The number of hydrogen-bond acceptors (Lipinski definition) is 2. The molecule has 5 rings (SSSR count). The second-order valence-corrected chi connectivity index (χ2v) is 15.5. The number of aryl methyl sites for hydroxylation is 3. The Labute approximate surface area is 241 Å². The zero-order chi connectivity index (χ0) is 28.4. The van der Waals surface area contributed by atoms with Gasteiger partial charge in [0.15, 0.2) is 0 Å². The Morgan fingerprint density at radius 1 is 0.821 bits per heavy atom. The fourth-order valence-electron chi connectivity index (χ4n) is 10.6. The molecule has 4 aliphatic rings. The second kappa shape index (κ2) is 12.7. The maximum atomic E-state index is 10.9. The van der Waals surface area contributed by atoms with E-state index >= 15 is 0 Å². The molecule has 0 heterocycles. The number of rotatable bonds is 7. The first-order valence-electron chi connectivity index (χ1n) is 16.6. The summed E-state index contributed by atoms with van der Waals surface area (Å²) >= 11 is 0. The van der Waals surface area contributed by atoms with Gasteiger partial charge in [0.2, 0.25) is 0 Å². The predicted molar refractivity (Wildman–Crippen MR) is 165 cm³/mol. The van der Waals surface area contributed by atoms with Gasteiger partial charge in [-0.05, 0) is 131 Å². The zero-order valence-corrected chi connectivity index (χ0v) is 26.7. The van der Waals surface area contributed by atoms with Gasteiger partial charge < -0.3 is 4.74 Å². The van der Waals surface area contributed by atoms with Crippen molar-refractivity contribution >= 4 is 6.47 Å². The number of benzene rings is 1. The second-order valence-electron chi connectivity index (χ2n) is 15.5. The highest BCUT2D eigenvalue weighted by Gasteiger charge is 2.60. The molecule has 1 aromatic rings. The molecule has 1 aromatic carbocycles. The molecule has 4 aliphatic carbocycles. The Hall–Kier alpha value is -1.31. The van der Waals surface area contributed by atoms with E-state index in [1.54, 1.807) is 0 Å². The van der Waals surface area contributed by atoms with E-state index < -0.39 is 0 Å². The van der Waals surface area contributed by atoms with Crippen LogP contribution in [0.1, 0.15) is 128 Å². The Bertz CT molecular complexity index is 900. The zero-order valence-electron chi connectivity index (χ0n) is 26.7. The van der Waals surface area contributed by atoms with Gasteiger partial charge in [-0.1, -0.05) is 88.8 Å². The fraction of sp³-hybridized carbons (Fsp3) is 0.811. The molecule has 0 aliphatic heterocycles. The van der Waals surface area contributed by atoms with Crippen molar-refractivity contribution in [3.8, 4) is 0 Å². The standard InChI is InChI=1S/C28H48O2.C9H12/c1-19(2)7-6-8-20(3)24-11-12-25-23-10-9-21-17-22(30-18-29)13-15-27(21,4)26(23)14-16-28(24,25)5;1-7-4-8(2)6-9(3)5-7/h18-26H,6-17H2,1-5H3;4-6H,1-3H3. The van der Waals surface area contributed by atoms with Gasteiger partial charge in [0.25, 0.3) is 6.47 Å². The molecule has 0 N–H and O–H groups in total. The summed E-state index contributed by atoms with van der Waals surface area (Å²) in [4.78, 5) is 10.9. The number of hydrogen-bond donors (Lipinski definition) is 0. The highest BCUT2D eigenvalue weighted by Crippen LogP contribution is 2.68. The van der Waals surface area contributed by atoms with Crippen LogP contribution in [0.3, 0.4) is 0 Å². The Morgan fingerprint density at radius 3 is 2.05 bits per heavy atom. The van der Waals surface area contributed by atoms with Crippen molar-refractivity contribution in [2.45, 2.75) is 139 Å². The minimum absolute atomic E-state index is 0.188. The summed E-state index contributed by atoms with van der Waals surface area (Å²) in [5, 5.41) is 0. The summed E-state index contributed by atoms with van der Waals surface area (Å²) in [6, 6.07) is 6.56. The van der Waals surface area contributed by atoms with Crippen molar-refractivity contribution in [3.05, 3.63) is 34.9 Å². The molecule has 0 bridgehead atoms. The summed E-state index contributed by atoms with van der Waals surface area (Å²) in [7, 11) is 0. The molecule has 4 fully saturated rings. The lowest BCUT2D eigenvalue weighted by Crippen LogP contribution is -2.54. The third-order valence-corrected chi connectivity index (χ3v) is 12.4. The van der Waals surface area contributed by atoms with Crippen LogP contribution in [0.25, 0.3) is 0 Å². The fourth-order valence-corrected chi connectivity index (χ4v) is 10.6. The van der Waals surface area contributed by atoms with Crippen molar-refractivity contribution in [1.29, 1.82) is 0 Å². The summed E-state index contributed by atoms with van der Waals surface area (Å²) < 4.78 is 5.40. The average molecular weight is 537 g/mol. The minimum Gasteiger partial charge on any atom is -0.465 e. The van der Waals surface area contributed by atoms with Crippen LogP contribution in [0.5, 0.6) is 0 Å². The molecule has 0 radical (unpaired) electrons. The molecule has 4 saturated carbocycles. The van der Waals surface area contributed by atoms with Gasteiger partial charge in [-0.25, -0.2) is 0 Å². The van der Waals surface area contributed by atoms with Crippen molar-refractivity contribution in [2.24, 2.45) is 52.3 Å². The van der Waals surface area contributed by atoms with Crippen LogP contribution in [0, 0.1) is 73.0 Å². The lowest BCUT2D eigenvalue weighted by atomic mass is 9.44. The Morgan fingerprint density at radius 2 is 1.44 bits per heavy atom. The van der Waals surface area contributed by atoms with Crippen LogP contribution in [0.15, 0.2) is 18.2 Å². The van der Waals surface area contributed by atoms with E-state index in [0.717, 1.165) is 54.3 Å². The lowest BCUT2D eigenvalue weighted by Gasteiger charge is -2.61. The summed E-state index contributed by atoms with van der Waals surface area (Å²) in [6.07, 6.45) is 16.7. The Kier molecular flexibility index (Phi) is 9.97. The van der Waals surface area contributed by atoms with Crippen LogP contribution in [-0.4, -0.2) is 12.6 Å². The molecular formula is C37H60O2. The highest BCUT2D eigenvalue weighted by atomic mass is 16.5. The summed E-state index contributed by atoms with van der Waals surface area (Å²) in [5.74, 6) is 6.32. The highest BCUT2D eigenvalue weighted by molar-refractivity contribution is 5.37. The minimum atomic E-state index is 0.188. The summed E-state index contributed by atoms with van der Waals surface area (Å²) in [5.41, 5.74) is 5.15. The largest absolute Gasteiger partial charge is 0.465 e. The third-order valence-electron chi connectivity index (χ3n) is 12.4. The maximum absolute atomic E-state index is 10.9. The van der Waals surface area contributed by atoms with Crippen LogP contribution in [0.2, 0.25) is 0 Å². The van der Waals surface area contributed by atoms with E-state index in [9.17, 15) is 4.79 Å². The van der Waals surface area contributed by atoms with E-state index in [1.807, 2.05) is 0 Å². The molecular weight excluding hydrogens is 476 g/mol. The van der Waals surface area contributed by atoms with Crippen molar-refractivity contribution in [2.75, 3.05) is 0 Å². The molecule has 0 saturated heterocycles. The van der Waals surface area contributed by atoms with Crippen molar-refractivity contribution in [1.82, 2.24) is 0 Å². The lowest BCUT2D eigenvalue weighted by molar-refractivity contribution is -0.151. The summed E-state index contributed by atoms with van der Waals surface area (Å²) in [6.45, 7) is 19.7. The third kappa shape index (κ3) is 6.62. The van der Waals surface area contributed by atoms with E-state index in [2.05, 4.69) is 73.6 Å². The average Bonchev–Trinajstić information content (AvgIpc) is 3.21. The topological polar surface area (TPSA) is 26.3 Å². The van der Waals surface area contributed by atoms with Crippen LogP contribution in [-0.2, 0) is 9.53 Å². The first-order valence-corrected chi connectivity index (χ1v) is 16.6. The molecule has 0 amide bonds. The molecule has 2 heteroatoms. The van der Waals surface area contributed by atoms with E-state index in [1.165, 1.54) is 80.9 Å². The van der Waals surface area contributed by atoms with Crippen molar-refractivity contribution in [3.63, 3.8) is 0 Å². The van der Waals surface area contributed by atoms with Gasteiger partial charge >= 0.3 is 0 Å². The van der Waals surface area contributed by atoms with Gasteiger partial charge in [-0.3, -0.25) is 4.79 Å². The molecule has 9 unspecified atom stereocenters. The SMILES string of the molecule is CC(C)CCCC(C)C1CCC2C3CCC4CC(OC=O)CCC4(C)C3CCC12C.Cc1cc(C)cc(C)c1. The first kappa shape index (κ1) is 30.6. The number of carbonyl (C=O) groups is 1. The molecule has 220 valence electrons. The van der Waals surface area contributed by atoms with Crippen LogP contribution < -0.4 is 0 Å².